The summed E-state index contributed by atoms with van der Waals surface area (Å²) in [5, 5.41) is 8.98. The molecular weight excluding hydrogens is 401 g/mol. The minimum atomic E-state index is -0.527. The van der Waals surface area contributed by atoms with Crippen molar-refractivity contribution in [3.05, 3.63) is 66.2 Å². The van der Waals surface area contributed by atoms with Crippen molar-refractivity contribution in [1.82, 2.24) is 14.6 Å². The van der Waals surface area contributed by atoms with Crippen LogP contribution < -0.4 is 9.47 Å². The highest BCUT2D eigenvalue weighted by molar-refractivity contribution is 5.82. The van der Waals surface area contributed by atoms with Crippen molar-refractivity contribution in [3.63, 3.8) is 0 Å². The van der Waals surface area contributed by atoms with E-state index in [-0.39, 0.29) is 24.2 Å². The molecule has 1 fully saturated rings. The summed E-state index contributed by atoms with van der Waals surface area (Å²) in [7, 11) is 0. The van der Waals surface area contributed by atoms with Gasteiger partial charge in [-0.25, -0.2) is 4.39 Å². The van der Waals surface area contributed by atoms with Crippen LogP contribution in [0.25, 0.3) is 16.6 Å². The second kappa shape index (κ2) is 8.31. The van der Waals surface area contributed by atoms with Gasteiger partial charge in [0.2, 0.25) is 0 Å². The Bertz CT molecular complexity index is 1250. The predicted molar refractivity (Wildman–Crippen MR) is 110 cm³/mol. The summed E-state index contributed by atoms with van der Waals surface area (Å²) in [5.74, 6) is -0.684. The minimum Gasteiger partial charge on any atom is -0.489 e. The fourth-order valence-corrected chi connectivity index (χ4v) is 3.73. The van der Waals surface area contributed by atoms with Crippen LogP contribution in [0.1, 0.15) is 18.4 Å². The summed E-state index contributed by atoms with van der Waals surface area (Å²) in [6, 6.07) is 13.8. The maximum Gasteiger partial charge on any atom is 0.314 e. The topological polar surface area (TPSA) is 75.0 Å². The maximum atomic E-state index is 14.1. The first-order valence-corrected chi connectivity index (χ1v) is 10.1. The summed E-state index contributed by atoms with van der Waals surface area (Å²) in [5.41, 5.74) is 2.68. The van der Waals surface area contributed by atoms with Crippen LogP contribution in [-0.2, 0) is 16.1 Å². The van der Waals surface area contributed by atoms with Gasteiger partial charge in [0, 0.05) is 31.4 Å². The molecule has 0 bridgehead atoms. The first-order chi connectivity index (χ1) is 15.2. The van der Waals surface area contributed by atoms with Gasteiger partial charge >= 0.3 is 5.97 Å². The Hall–Kier alpha value is -3.52. The number of fused-ring (bicyclic) bond motifs is 3. The van der Waals surface area contributed by atoms with Crippen molar-refractivity contribution in [2.75, 3.05) is 13.2 Å². The highest BCUT2D eigenvalue weighted by Gasteiger charge is 2.23. The van der Waals surface area contributed by atoms with Crippen LogP contribution in [0.2, 0.25) is 0 Å². The van der Waals surface area contributed by atoms with E-state index in [1.807, 2.05) is 34.7 Å². The molecule has 0 amide bonds. The maximum absolute atomic E-state index is 14.1. The fraction of sp³-hybridized carbons (Fsp3) is 0.261. The number of ether oxygens (including phenoxy) is 3. The van der Waals surface area contributed by atoms with E-state index in [0.717, 1.165) is 22.1 Å². The van der Waals surface area contributed by atoms with Crippen molar-refractivity contribution in [1.29, 1.82) is 0 Å². The summed E-state index contributed by atoms with van der Waals surface area (Å²) >= 11 is 0. The van der Waals surface area contributed by atoms with E-state index in [1.54, 1.807) is 6.33 Å². The molecule has 2 aromatic heterocycles. The molecule has 7 nitrogen and oxygen atoms in total. The van der Waals surface area contributed by atoms with Crippen molar-refractivity contribution >= 4 is 22.5 Å². The van der Waals surface area contributed by atoms with E-state index in [0.29, 0.717) is 31.8 Å². The lowest BCUT2D eigenvalue weighted by Crippen LogP contribution is -2.27. The van der Waals surface area contributed by atoms with Crippen LogP contribution in [0.3, 0.4) is 0 Å². The molecule has 5 rings (SSSR count). The molecule has 4 aromatic rings. The largest absolute Gasteiger partial charge is 0.489 e. The summed E-state index contributed by atoms with van der Waals surface area (Å²) < 4.78 is 32.4. The van der Waals surface area contributed by atoms with Gasteiger partial charge in [-0.15, -0.1) is 10.2 Å². The quantitative estimate of drug-likeness (QED) is 0.359. The van der Waals surface area contributed by atoms with Crippen LogP contribution in [0.5, 0.6) is 11.5 Å². The predicted octanol–water partition coefficient (Wildman–Crippen LogP) is 3.93. The smallest absolute Gasteiger partial charge is 0.314 e. The zero-order valence-corrected chi connectivity index (χ0v) is 16.7. The third-order valence-corrected chi connectivity index (χ3v) is 5.36. The molecule has 2 aromatic carbocycles. The molecule has 0 saturated carbocycles. The molecule has 1 aliphatic heterocycles. The Morgan fingerprint density at radius 2 is 1.94 bits per heavy atom. The van der Waals surface area contributed by atoms with E-state index in [1.165, 1.54) is 18.2 Å². The van der Waals surface area contributed by atoms with E-state index >= 15 is 0 Å². The lowest BCUT2D eigenvalue weighted by atomic mass is 10.0. The summed E-state index contributed by atoms with van der Waals surface area (Å²) in [4.78, 5) is 12.3. The first-order valence-electron chi connectivity index (χ1n) is 10.1. The van der Waals surface area contributed by atoms with E-state index in [2.05, 4.69) is 10.2 Å². The van der Waals surface area contributed by atoms with Crippen molar-refractivity contribution < 1.29 is 23.4 Å². The van der Waals surface area contributed by atoms with Gasteiger partial charge in [0.15, 0.2) is 5.65 Å². The number of carbonyl (C=O) groups excluding carboxylic acids is 1. The Kier molecular flexibility index (Phi) is 5.21. The zero-order valence-electron chi connectivity index (χ0n) is 16.7. The Morgan fingerprint density at radius 3 is 2.81 bits per heavy atom. The number of esters is 1. The molecule has 158 valence electrons. The fourth-order valence-electron chi connectivity index (χ4n) is 3.73. The van der Waals surface area contributed by atoms with E-state index in [4.69, 9.17) is 14.2 Å². The van der Waals surface area contributed by atoms with Gasteiger partial charge in [-0.3, -0.25) is 9.20 Å². The molecule has 0 aliphatic carbocycles. The summed E-state index contributed by atoms with van der Waals surface area (Å²) in [6.07, 6.45) is 2.89. The van der Waals surface area contributed by atoms with Crippen molar-refractivity contribution in [2.24, 2.45) is 5.92 Å². The molecule has 0 N–H and O–H groups in total. The highest BCUT2D eigenvalue weighted by Crippen LogP contribution is 2.26. The van der Waals surface area contributed by atoms with Crippen LogP contribution in [0.15, 0.2) is 54.9 Å². The van der Waals surface area contributed by atoms with Gasteiger partial charge in [0.05, 0.1) is 11.4 Å². The molecular formula is C23H20FN3O4. The molecule has 3 heterocycles. The van der Waals surface area contributed by atoms with Crippen molar-refractivity contribution in [3.8, 4) is 11.5 Å². The lowest BCUT2D eigenvalue weighted by molar-refractivity contribution is -0.142. The molecule has 8 heteroatoms. The molecule has 0 unspecified atom stereocenters. The first kappa shape index (κ1) is 19.4. The average Bonchev–Trinajstić information content (AvgIpc) is 3.27. The van der Waals surface area contributed by atoms with Gasteiger partial charge in [0.25, 0.3) is 0 Å². The SMILES string of the molecule is O=C(Oc1cc(F)cc(OCc2ccc3c(ccc4nncn43)c2)c1)C1CCOCC1. The summed E-state index contributed by atoms with van der Waals surface area (Å²) in [6.45, 7) is 1.31. The van der Waals surface area contributed by atoms with Crippen molar-refractivity contribution in [2.45, 2.75) is 19.4 Å². The van der Waals surface area contributed by atoms with Gasteiger partial charge < -0.3 is 14.2 Å². The highest BCUT2D eigenvalue weighted by atomic mass is 19.1. The number of benzene rings is 2. The normalized spacial score (nSPS) is 14.7. The van der Waals surface area contributed by atoms with Crippen LogP contribution in [0, 0.1) is 11.7 Å². The molecule has 1 saturated heterocycles. The Balaban J connectivity index is 1.29. The van der Waals surface area contributed by atoms with Gasteiger partial charge in [-0.1, -0.05) is 6.07 Å². The number of pyridine rings is 1. The third kappa shape index (κ3) is 4.20. The number of carbonyl (C=O) groups is 1. The third-order valence-electron chi connectivity index (χ3n) is 5.36. The molecule has 0 atom stereocenters. The van der Waals surface area contributed by atoms with Crippen LogP contribution in [-0.4, -0.2) is 33.8 Å². The van der Waals surface area contributed by atoms with Gasteiger partial charge in [-0.05, 0) is 48.1 Å². The molecule has 0 radical (unpaired) electrons. The van der Waals surface area contributed by atoms with Gasteiger partial charge in [0.1, 0.15) is 30.3 Å². The van der Waals surface area contributed by atoms with Crippen LogP contribution in [0.4, 0.5) is 4.39 Å². The Morgan fingerprint density at radius 1 is 1.10 bits per heavy atom. The molecule has 1 aliphatic rings. The van der Waals surface area contributed by atoms with E-state index < -0.39 is 5.82 Å². The zero-order chi connectivity index (χ0) is 21.2. The monoisotopic (exact) mass is 421 g/mol. The average molecular weight is 421 g/mol. The number of nitrogens with zero attached hydrogens (tertiary/aromatic N) is 3. The number of aromatic nitrogens is 3. The second-order valence-corrected chi connectivity index (χ2v) is 7.50. The Labute approximate surface area is 177 Å². The van der Waals surface area contributed by atoms with Gasteiger partial charge in [-0.2, -0.15) is 0 Å². The van der Waals surface area contributed by atoms with E-state index in [9.17, 15) is 9.18 Å². The van der Waals surface area contributed by atoms with Crippen LogP contribution >= 0.6 is 0 Å². The second-order valence-electron chi connectivity index (χ2n) is 7.50. The number of rotatable bonds is 5. The minimum absolute atomic E-state index is 0.139. The molecule has 31 heavy (non-hydrogen) atoms. The lowest BCUT2D eigenvalue weighted by Gasteiger charge is -2.20. The number of hydrogen-bond donors (Lipinski definition) is 0. The molecule has 0 spiro atoms. The number of hydrogen-bond acceptors (Lipinski definition) is 6. The number of halogens is 1. The standard InChI is InChI=1S/C23H20FN3O4/c24-18-10-19(12-20(11-18)31-23(28)16-5-7-29-8-6-16)30-13-15-1-3-21-17(9-15)2-4-22-26-25-14-27(21)22/h1-4,9-12,14,16H,5-8,13H2.